The molecule has 8 heteroatoms. The molecule has 1 aromatic heterocycles. The van der Waals surface area contributed by atoms with Crippen LogP contribution in [0.25, 0.3) is 11.0 Å². The van der Waals surface area contributed by atoms with E-state index in [0.717, 1.165) is 18.8 Å². The molecule has 1 aromatic carbocycles. The maximum atomic E-state index is 5.48. The largest absolute Gasteiger partial charge is 0.378 e. The molecule has 2 heterocycles. The molecular weight excluding hydrogens is 266 g/mol. The summed E-state index contributed by atoms with van der Waals surface area (Å²) < 4.78 is 10.2. The van der Waals surface area contributed by atoms with E-state index in [9.17, 15) is 0 Å². The van der Waals surface area contributed by atoms with E-state index >= 15 is 0 Å². The zero-order valence-electron chi connectivity index (χ0n) is 10.1. The number of nitrogens with one attached hydrogen (secondary N) is 1. The number of hydrogen-bond donors (Lipinski definition) is 2. The molecular formula is C11H13N5O2S. The number of rotatable bonds is 2. The Balaban J connectivity index is 2.02. The van der Waals surface area contributed by atoms with E-state index in [1.165, 1.54) is 0 Å². The van der Waals surface area contributed by atoms with Gasteiger partial charge in [-0.2, -0.15) is 0 Å². The summed E-state index contributed by atoms with van der Waals surface area (Å²) >= 11 is 4.83. The van der Waals surface area contributed by atoms with Crippen molar-refractivity contribution in [3.8, 4) is 0 Å². The van der Waals surface area contributed by atoms with Crippen LogP contribution in [0.2, 0.25) is 0 Å². The van der Waals surface area contributed by atoms with Crippen molar-refractivity contribution in [3.05, 3.63) is 12.1 Å². The Bertz CT molecular complexity index is 608. The van der Waals surface area contributed by atoms with Crippen molar-refractivity contribution in [1.82, 2.24) is 10.3 Å². The van der Waals surface area contributed by atoms with Crippen LogP contribution in [0, 0.1) is 0 Å². The Morgan fingerprint density at radius 1 is 1.26 bits per heavy atom. The van der Waals surface area contributed by atoms with Crippen LogP contribution < -0.4 is 16.0 Å². The zero-order chi connectivity index (χ0) is 13.2. The Morgan fingerprint density at radius 2 is 2.00 bits per heavy atom. The summed E-state index contributed by atoms with van der Waals surface area (Å²) in [6, 6.07) is 3.83. The maximum absolute atomic E-state index is 5.48. The third kappa shape index (κ3) is 2.32. The summed E-state index contributed by atoms with van der Waals surface area (Å²) in [5.41, 5.74) is 8.47. The number of thiocarbonyl (C=S) groups is 1. The highest BCUT2D eigenvalue weighted by Crippen LogP contribution is 2.30. The van der Waals surface area contributed by atoms with Gasteiger partial charge in [-0.05, 0) is 34.7 Å². The van der Waals surface area contributed by atoms with Gasteiger partial charge in [-0.3, -0.25) is 0 Å². The second-order valence-corrected chi connectivity index (χ2v) is 4.62. The normalized spacial score (nSPS) is 15.7. The van der Waals surface area contributed by atoms with Crippen LogP contribution in [0.15, 0.2) is 16.8 Å². The van der Waals surface area contributed by atoms with Crippen LogP contribution >= 0.6 is 12.2 Å². The molecule has 0 atom stereocenters. The second kappa shape index (κ2) is 4.98. The monoisotopic (exact) mass is 279 g/mol. The Labute approximate surface area is 114 Å². The van der Waals surface area contributed by atoms with E-state index in [1.807, 2.05) is 12.1 Å². The average Bonchev–Trinajstić information content (AvgIpc) is 2.89. The quantitative estimate of drug-likeness (QED) is 0.777. The van der Waals surface area contributed by atoms with Crippen LogP contribution in [-0.2, 0) is 4.74 Å². The first-order valence-electron chi connectivity index (χ1n) is 5.90. The molecule has 0 unspecified atom stereocenters. The Kier molecular flexibility index (Phi) is 3.18. The van der Waals surface area contributed by atoms with Crippen molar-refractivity contribution in [3.63, 3.8) is 0 Å². The van der Waals surface area contributed by atoms with Gasteiger partial charge in [0, 0.05) is 13.1 Å². The van der Waals surface area contributed by atoms with Crippen molar-refractivity contribution in [1.29, 1.82) is 0 Å². The fraction of sp³-hybridized carbons (Fsp3) is 0.364. The molecule has 1 fully saturated rings. The second-order valence-electron chi connectivity index (χ2n) is 4.18. The van der Waals surface area contributed by atoms with Gasteiger partial charge in [-0.25, -0.2) is 4.63 Å². The van der Waals surface area contributed by atoms with Gasteiger partial charge in [0.25, 0.3) is 0 Å². The number of benzene rings is 1. The third-order valence-electron chi connectivity index (χ3n) is 3.00. The number of nitrogens with two attached hydrogens (primary N) is 1. The molecule has 0 radical (unpaired) electrons. The van der Waals surface area contributed by atoms with Gasteiger partial charge in [0.15, 0.2) is 16.1 Å². The molecule has 19 heavy (non-hydrogen) atoms. The highest BCUT2D eigenvalue weighted by molar-refractivity contribution is 7.80. The molecule has 1 aliphatic heterocycles. The van der Waals surface area contributed by atoms with Gasteiger partial charge in [0.2, 0.25) is 0 Å². The first kappa shape index (κ1) is 12.1. The maximum Gasteiger partial charge on any atom is 0.168 e. The summed E-state index contributed by atoms with van der Waals surface area (Å²) in [7, 11) is 0. The summed E-state index contributed by atoms with van der Waals surface area (Å²) in [5, 5.41) is 10.9. The van der Waals surface area contributed by atoms with Gasteiger partial charge in [0.1, 0.15) is 0 Å². The first-order valence-corrected chi connectivity index (χ1v) is 6.31. The van der Waals surface area contributed by atoms with Gasteiger partial charge >= 0.3 is 0 Å². The third-order valence-corrected chi connectivity index (χ3v) is 3.11. The van der Waals surface area contributed by atoms with E-state index in [4.69, 9.17) is 27.3 Å². The van der Waals surface area contributed by atoms with Crippen LogP contribution in [0.3, 0.4) is 0 Å². The minimum absolute atomic E-state index is 0.184. The van der Waals surface area contributed by atoms with Crippen LogP contribution in [0.1, 0.15) is 0 Å². The number of ether oxygens (including phenoxy) is 1. The van der Waals surface area contributed by atoms with Gasteiger partial charge in [-0.15, -0.1) is 0 Å². The Hall–Kier alpha value is -1.93. The summed E-state index contributed by atoms with van der Waals surface area (Å²) in [5.74, 6) is 0. The lowest BCUT2D eigenvalue weighted by Gasteiger charge is -2.28. The fourth-order valence-corrected chi connectivity index (χ4v) is 2.26. The number of morpholine rings is 1. The number of nitrogens with zero attached hydrogens (tertiary/aromatic N) is 3. The number of anilines is 2. The lowest BCUT2D eigenvalue weighted by atomic mass is 10.2. The van der Waals surface area contributed by atoms with Crippen molar-refractivity contribution in [2.24, 2.45) is 5.73 Å². The predicted molar refractivity (Wildman–Crippen MR) is 75.2 cm³/mol. The number of hydrogen-bond acceptors (Lipinski definition) is 6. The van der Waals surface area contributed by atoms with Crippen molar-refractivity contribution in [2.45, 2.75) is 0 Å². The van der Waals surface area contributed by atoms with E-state index < -0.39 is 0 Å². The molecule has 0 saturated carbocycles. The SMILES string of the molecule is NC(=S)Nc1ccc(N2CCOCC2)c2nonc12. The fourth-order valence-electron chi connectivity index (χ4n) is 2.15. The lowest BCUT2D eigenvalue weighted by Crippen LogP contribution is -2.36. The van der Waals surface area contributed by atoms with E-state index in [-0.39, 0.29) is 5.11 Å². The van der Waals surface area contributed by atoms with Crippen LogP contribution in [0.5, 0.6) is 0 Å². The molecule has 0 spiro atoms. The minimum atomic E-state index is 0.184. The highest BCUT2D eigenvalue weighted by Gasteiger charge is 2.18. The molecule has 7 nitrogen and oxygen atoms in total. The average molecular weight is 279 g/mol. The standard InChI is InChI=1S/C11H13N5O2S/c12-11(19)13-7-1-2-8(10-9(7)14-18-15-10)16-3-5-17-6-4-16/h1-2H,3-6H2,(H3,12,13,19). The van der Waals surface area contributed by atoms with Crippen molar-refractivity contribution < 1.29 is 9.37 Å². The van der Waals surface area contributed by atoms with Gasteiger partial charge in [-0.1, -0.05) is 0 Å². The Morgan fingerprint density at radius 3 is 2.74 bits per heavy atom. The molecule has 3 N–H and O–H groups in total. The van der Waals surface area contributed by atoms with Crippen LogP contribution in [-0.4, -0.2) is 41.7 Å². The summed E-state index contributed by atoms with van der Waals surface area (Å²) in [4.78, 5) is 2.20. The van der Waals surface area contributed by atoms with E-state index in [0.29, 0.717) is 29.9 Å². The molecule has 3 rings (SSSR count). The van der Waals surface area contributed by atoms with Gasteiger partial charge < -0.3 is 20.7 Å². The highest BCUT2D eigenvalue weighted by atomic mass is 32.1. The smallest absolute Gasteiger partial charge is 0.168 e. The molecule has 1 aliphatic rings. The first-order chi connectivity index (χ1) is 9.25. The summed E-state index contributed by atoms with van der Waals surface area (Å²) in [6.07, 6.45) is 0. The molecule has 1 saturated heterocycles. The molecule has 0 bridgehead atoms. The molecule has 0 amide bonds. The van der Waals surface area contributed by atoms with Crippen LogP contribution in [0.4, 0.5) is 11.4 Å². The van der Waals surface area contributed by atoms with E-state index in [1.54, 1.807) is 0 Å². The minimum Gasteiger partial charge on any atom is -0.378 e. The predicted octanol–water partition coefficient (Wildman–Crippen LogP) is 0.715. The summed E-state index contributed by atoms with van der Waals surface area (Å²) in [6.45, 7) is 3.06. The molecule has 2 aromatic rings. The number of aromatic nitrogens is 2. The zero-order valence-corrected chi connectivity index (χ0v) is 10.9. The van der Waals surface area contributed by atoms with Crippen molar-refractivity contribution >= 4 is 39.7 Å². The topological polar surface area (TPSA) is 89.4 Å². The van der Waals surface area contributed by atoms with Crippen molar-refractivity contribution in [2.75, 3.05) is 36.5 Å². The molecule has 0 aliphatic carbocycles. The lowest BCUT2D eigenvalue weighted by molar-refractivity contribution is 0.123. The molecule has 100 valence electrons. The number of fused-ring (bicyclic) bond motifs is 1. The van der Waals surface area contributed by atoms with E-state index in [2.05, 4.69) is 20.5 Å². The van der Waals surface area contributed by atoms with Gasteiger partial charge in [0.05, 0.1) is 24.6 Å².